The molecule has 1 aliphatic rings. The van der Waals surface area contributed by atoms with Crippen LogP contribution in [0.3, 0.4) is 0 Å². The van der Waals surface area contributed by atoms with Crippen molar-refractivity contribution in [1.29, 1.82) is 0 Å². The standard InChI is InChI=1S/C18H19F3N6OS/c1-3-28-13-7-5-4-6-12(13)26-16(24-25-17(26)29)11-9-22-27-14(18(19,20)21)8-10(2)23-15(11)27/h4-7,9-10,14,23H,3,8H2,1-2H3,(H,25,29)/t10-,14-/m0/s1. The summed E-state index contributed by atoms with van der Waals surface area (Å²) in [6.45, 7) is 4.02. The minimum absolute atomic E-state index is 0.0996. The van der Waals surface area contributed by atoms with Gasteiger partial charge in [0.25, 0.3) is 0 Å². The Kier molecular flexibility index (Phi) is 4.85. The maximum atomic E-state index is 13.5. The molecule has 0 amide bonds. The normalized spacial score (nSPS) is 18.9. The number of hydrogen-bond donors (Lipinski definition) is 2. The van der Waals surface area contributed by atoms with Crippen molar-refractivity contribution in [2.45, 2.75) is 38.5 Å². The summed E-state index contributed by atoms with van der Waals surface area (Å²) < 4.78 is 49.2. The number of halogens is 3. The molecule has 29 heavy (non-hydrogen) atoms. The molecule has 11 heteroatoms. The molecule has 2 aromatic heterocycles. The van der Waals surface area contributed by atoms with Crippen LogP contribution in [0.15, 0.2) is 30.5 Å². The first-order chi connectivity index (χ1) is 13.8. The predicted octanol–water partition coefficient (Wildman–Crippen LogP) is 4.50. The lowest BCUT2D eigenvalue weighted by Gasteiger charge is -2.32. The Morgan fingerprint density at radius 3 is 2.79 bits per heavy atom. The van der Waals surface area contributed by atoms with Crippen LogP contribution in [0, 0.1) is 4.77 Å². The molecule has 154 valence electrons. The first kappa shape index (κ1) is 19.5. The van der Waals surface area contributed by atoms with E-state index in [9.17, 15) is 13.2 Å². The van der Waals surface area contributed by atoms with Crippen LogP contribution in [0.1, 0.15) is 26.3 Å². The van der Waals surface area contributed by atoms with Crippen molar-refractivity contribution in [1.82, 2.24) is 24.5 Å². The number of hydrogen-bond acceptors (Lipinski definition) is 5. The van der Waals surface area contributed by atoms with Crippen molar-refractivity contribution < 1.29 is 17.9 Å². The number of alkyl halides is 3. The molecular weight excluding hydrogens is 405 g/mol. The van der Waals surface area contributed by atoms with Gasteiger partial charge in [0.15, 0.2) is 16.6 Å². The Morgan fingerprint density at radius 2 is 2.07 bits per heavy atom. The van der Waals surface area contributed by atoms with Gasteiger partial charge in [-0.2, -0.15) is 23.4 Å². The van der Waals surface area contributed by atoms with Gasteiger partial charge in [0.1, 0.15) is 11.6 Å². The molecule has 1 aromatic carbocycles. The van der Waals surface area contributed by atoms with E-state index >= 15 is 0 Å². The lowest BCUT2D eigenvalue weighted by Crippen LogP contribution is -2.38. The molecule has 0 saturated carbocycles. The van der Waals surface area contributed by atoms with E-state index < -0.39 is 12.2 Å². The van der Waals surface area contributed by atoms with Gasteiger partial charge in [-0.1, -0.05) is 12.1 Å². The van der Waals surface area contributed by atoms with Crippen molar-refractivity contribution in [2.75, 3.05) is 11.9 Å². The summed E-state index contributed by atoms with van der Waals surface area (Å²) in [5.41, 5.74) is 1.06. The van der Waals surface area contributed by atoms with Gasteiger partial charge in [-0.15, -0.1) is 0 Å². The minimum atomic E-state index is -4.40. The fourth-order valence-electron chi connectivity index (χ4n) is 3.53. The zero-order valence-electron chi connectivity index (χ0n) is 15.7. The van der Waals surface area contributed by atoms with Crippen LogP contribution in [0.4, 0.5) is 19.0 Å². The Hall–Kier alpha value is -2.82. The number of benzene rings is 1. The maximum Gasteiger partial charge on any atom is 0.410 e. The molecular formula is C18H19F3N6OS. The van der Waals surface area contributed by atoms with E-state index in [0.29, 0.717) is 34.2 Å². The molecule has 2 atom stereocenters. The lowest BCUT2D eigenvalue weighted by atomic mass is 10.0. The van der Waals surface area contributed by atoms with Gasteiger partial charge in [0.2, 0.25) is 0 Å². The maximum absolute atomic E-state index is 13.5. The molecule has 0 spiro atoms. The van der Waals surface area contributed by atoms with E-state index in [1.54, 1.807) is 17.6 Å². The molecule has 0 aliphatic carbocycles. The summed E-state index contributed by atoms with van der Waals surface area (Å²) in [4.78, 5) is 0. The quantitative estimate of drug-likeness (QED) is 0.604. The number of aromatic nitrogens is 5. The van der Waals surface area contributed by atoms with Gasteiger partial charge >= 0.3 is 6.18 Å². The van der Waals surface area contributed by atoms with Gasteiger partial charge < -0.3 is 10.1 Å². The summed E-state index contributed by atoms with van der Waals surface area (Å²) in [6, 6.07) is 5.18. The van der Waals surface area contributed by atoms with Crippen molar-refractivity contribution in [3.8, 4) is 22.8 Å². The van der Waals surface area contributed by atoms with Gasteiger partial charge in [-0.25, -0.2) is 4.68 Å². The minimum Gasteiger partial charge on any atom is -0.492 e. The second kappa shape index (κ2) is 7.21. The molecule has 3 aromatic rings. The summed E-state index contributed by atoms with van der Waals surface area (Å²) in [7, 11) is 0. The highest BCUT2D eigenvalue weighted by atomic mass is 32.1. The largest absolute Gasteiger partial charge is 0.492 e. The lowest BCUT2D eigenvalue weighted by molar-refractivity contribution is -0.173. The molecule has 2 N–H and O–H groups in total. The number of aromatic amines is 1. The van der Waals surface area contributed by atoms with Gasteiger partial charge in [-0.05, 0) is 44.6 Å². The molecule has 0 saturated heterocycles. The Morgan fingerprint density at radius 1 is 1.31 bits per heavy atom. The van der Waals surface area contributed by atoms with Crippen molar-refractivity contribution in [2.24, 2.45) is 0 Å². The molecule has 7 nitrogen and oxygen atoms in total. The smallest absolute Gasteiger partial charge is 0.410 e. The van der Waals surface area contributed by atoms with E-state index in [4.69, 9.17) is 17.0 Å². The molecule has 0 radical (unpaired) electrons. The number of nitrogens with one attached hydrogen (secondary N) is 2. The second-order valence-electron chi connectivity index (χ2n) is 6.78. The third kappa shape index (κ3) is 3.39. The fraction of sp³-hybridized carbons (Fsp3) is 0.389. The average Bonchev–Trinajstić information content (AvgIpc) is 3.24. The Balaban J connectivity index is 1.88. The highest BCUT2D eigenvalue weighted by Crippen LogP contribution is 2.42. The van der Waals surface area contributed by atoms with E-state index in [2.05, 4.69) is 20.6 Å². The summed E-state index contributed by atoms with van der Waals surface area (Å²) in [5, 5.41) is 14.1. The number of rotatable bonds is 4. The summed E-state index contributed by atoms with van der Waals surface area (Å²) in [6.07, 6.45) is -3.12. The number of anilines is 1. The van der Waals surface area contributed by atoms with E-state index in [-0.39, 0.29) is 18.3 Å². The number of H-pyrrole nitrogens is 1. The molecule has 1 aliphatic heterocycles. The van der Waals surface area contributed by atoms with Crippen LogP contribution in [0.25, 0.3) is 17.1 Å². The van der Waals surface area contributed by atoms with Crippen molar-refractivity contribution >= 4 is 18.0 Å². The van der Waals surface area contributed by atoms with E-state index in [0.717, 1.165) is 4.68 Å². The van der Waals surface area contributed by atoms with Crippen LogP contribution >= 0.6 is 12.2 Å². The first-order valence-corrected chi connectivity index (χ1v) is 9.52. The van der Waals surface area contributed by atoms with Crippen LogP contribution in [0.2, 0.25) is 0 Å². The topological polar surface area (TPSA) is 72.7 Å². The highest BCUT2D eigenvalue weighted by molar-refractivity contribution is 7.71. The van der Waals surface area contributed by atoms with Crippen molar-refractivity contribution in [3.63, 3.8) is 0 Å². The summed E-state index contributed by atoms with van der Waals surface area (Å²) in [5.74, 6) is 1.20. The monoisotopic (exact) mass is 424 g/mol. The second-order valence-corrected chi connectivity index (χ2v) is 7.17. The third-order valence-corrected chi connectivity index (χ3v) is 5.02. The Bertz CT molecular complexity index is 1090. The average molecular weight is 424 g/mol. The number of nitrogens with zero attached hydrogens (tertiary/aromatic N) is 4. The number of fused-ring (bicyclic) bond motifs is 1. The van der Waals surface area contributed by atoms with Crippen LogP contribution in [-0.2, 0) is 0 Å². The molecule has 3 heterocycles. The van der Waals surface area contributed by atoms with Gasteiger partial charge in [-0.3, -0.25) is 9.67 Å². The van der Waals surface area contributed by atoms with Crippen LogP contribution < -0.4 is 10.1 Å². The van der Waals surface area contributed by atoms with Crippen LogP contribution in [0.5, 0.6) is 5.75 Å². The Labute approximate surface area is 169 Å². The number of para-hydroxylation sites is 2. The van der Waals surface area contributed by atoms with Crippen LogP contribution in [-0.4, -0.2) is 43.4 Å². The van der Waals surface area contributed by atoms with Gasteiger partial charge in [0, 0.05) is 6.04 Å². The molecule has 0 fully saturated rings. The zero-order valence-corrected chi connectivity index (χ0v) is 16.5. The SMILES string of the molecule is CCOc1ccccc1-n1c(-c2cnn3c2N[C@@H](C)C[C@H]3C(F)(F)F)n[nH]c1=S. The van der Waals surface area contributed by atoms with E-state index in [1.807, 2.05) is 25.1 Å². The fourth-order valence-corrected chi connectivity index (χ4v) is 3.76. The zero-order chi connectivity index (χ0) is 20.8. The van der Waals surface area contributed by atoms with Gasteiger partial charge in [0.05, 0.1) is 24.1 Å². The molecule has 0 unspecified atom stereocenters. The first-order valence-electron chi connectivity index (χ1n) is 9.12. The highest BCUT2D eigenvalue weighted by Gasteiger charge is 2.46. The molecule has 4 rings (SSSR count). The summed E-state index contributed by atoms with van der Waals surface area (Å²) >= 11 is 5.39. The van der Waals surface area contributed by atoms with Crippen molar-refractivity contribution in [3.05, 3.63) is 35.2 Å². The predicted molar refractivity (Wildman–Crippen MR) is 104 cm³/mol. The third-order valence-electron chi connectivity index (χ3n) is 4.75. The number of ether oxygens (including phenoxy) is 1. The molecule has 0 bridgehead atoms. The van der Waals surface area contributed by atoms with E-state index in [1.165, 1.54) is 6.20 Å².